The summed E-state index contributed by atoms with van der Waals surface area (Å²) in [4.78, 5) is 17.4. The average Bonchev–Trinajstić information content (AvgIpc) is 1.39. The van der Waals surface area contributed by atoms with E-state index < -0.39 is 0 Å². The van der Waals surface area contributed by atoms with Crippen LogP contribution < -0.4 is 0 Å². The van der Waals surface area contributed by atoms with E-state index in [1.165, 1.54) is 26.4 Å². The molecule has 0 aromatic rings. The van der Waals surface area contributed by atoms with Gasteiger partial charge in [0.15, 0.2) is 0 Å². The Hall–Kier alpha value is -0.128. The molecule has 0 aliphatic heterocycles. The van der Waals surface area contributed by atoms with E-state index in [0.29, 0.717) is 0 Å². The van der Waals surface area contributed by atoms with Crippen molar-refractivity contribution in [2.24, 2.45) is 0 Å². The van der Waals surface area contributed by atoms with Crippen LogP contribution in [0.25, 0.3) is 0 Å². The molecule has 0 amide bonds. The number of hydrogen-bond acceptors (Lipinski definition) is 2. The summed E-state index contributed by atoms with van der Waals surface area (Å²) >= 11 is 0. The normalized spacial score (nSPS) is 3.71. The maximum atomic E-state index is 8.68. The zero-order chi connectivity index (χ0) is 5.41. The molecular formula is C4H6CrO2. The molecule has 0 aromatic carbocycles. The van der Waals surface area contributed by atoms with Gasteiger partial charge >= 0.3 is 17.4 Å². The fourth-order valence-electron chi connectivity index (χ4n) is 0. The van der Waals surface area contributed by atoms with Crippen LogP contribution >= 0.6 is 0 Å². The van der Waals surface area contributed by atoms with Crippen molar-refractivity contribution in [1.82, 2.24) is 0 Å². The summed E-state index contributed by atoms with van der Waals surface area (Å²) in [6, 6.07) is 0. The van der Waals surface area contributed by atoms with Gasteiger partial charge in [0.25, 0.3) is 0 Å². The van der Waals surface area contributed by atoms with Gasteiger partial charge in [-0.15, -0.1) is 0 Å². The smallest absolute Gasteiger partial charge is 0.542 e. The van der Waals surface area contributed by atoms with E-state index in [4.69, 9.17) is 9.59 Å². The molecule has 40 valence electrons. The van der Waals surface area contributed by atoms with Crippen molar-refractivity contribution < 1.29 is 27.0 Å². The molecule has 2 nitrogen and oxygen atoms in total. The zero-order valence-corrected chi connectivity index (χ0v) is 5.50. The minimum Gasteiger partial charge on any atom is -0.542 e. The van der Waals surface area contributed by atoms with Gasteiger partial charge in [0.2, 0.25) is 0 Å². The fraction of sp³-hybridized carbons (Fsp3) is 0.500. The molecule has 0 radical (unpaired) electrons. The molecule has 0 unspecified atom stereocenters. The summed E-state index contributed by atoms with van der Waals surface area (Å²) < 4.78 is 0. The summed E-state index contributed by atoms with van der Waals surface area (Å²) in [6.45, 7) is 2.64. The van der Waals surface area contributed by atoms with Crippen molar-refractivity contribution in [3.8, 4) is 0 Å². The SMILES string of the molecule is C[C-]=O.C[C-]=O.[Cr+2]. The molecule has 0 aliphatic carbocycles. The van der Waals surface area contributed by atoms with Crippen molar-refractivity contribution in [2.75, 3.05) is 0 Å². The largest absolute Gasteiger partial charge is 2.00 e. The summed E-state index contributed by atoms with van der Waals surface area (Å²) in [5, 5.41) is 0. The molecule has 0 spiro atoms. The van der Waals surface area contributed by atoms with E-state index in [0.717, 1.165) is 0 Å². The van der Waals surface area contributed by atoms with Gasteiger partial charge in [-0.05, 0) is 0 Å². The quantitative estimate of drug-likeness (QED) is 0.449. The van der Waals surface area contributed by atoms with Crippen LogP contribution in [0.3, 0.4) is 0 Å². The van der Waals surface area contributed by atoms with Crippen molar-refractivity contribution in [1.29, 1.82) is 0 Å². The Morgan fingerprint density at radius 3 is 1.00 bits per heavy atom. The Kier molecular flexibility index (Phi) is 89.8. The Morgan fingerprint density at radius 1 is 1.00 bits per heavy atom. The van der Waals surface area contributed by atoms with Crippen molar-refractivity contribution in [3.63, 3.8) is 0 Å². The van der Waals surface area contributed by atoms with Gasteiger partial charge in [-0.2, -0.15) is 13.8 Å². The van der Waals surface area contributed by atoms with Crippen LogP contribution in [-0.2, 0) is 27.0 Å². The summed E-state index contributed by atoms with van der Waals surface area (Å²) in [6.07, 6.45) is 3.00. The Morgan fingerprint density at radius 2 is 1.00 bits per heavy atom. The molecule has 0 fully saturated rings. The van der Waals surface area contributed by atoms with Crippen molar-refractivity contribution in [3.05, 3.63) is 0 Å². The van der Waals surface area contributed by atoms with Gasteiger partial charge in [-0.3, -0.25) is 12.6 Å². The molecule has 0 aliphatic rings. The van der Waals surface area contributed by atoms with Crippen LogP contribution in [0.4, 0.5) is 0 Å². The van der Waals surface area contributed by atoms with Gasteiger partial charge in [-0.1, -0.05) is 0 Å². The standard InChI is InChI=1S/2C2H3O.Cr/c2*1-2-3;/h2*1H3;/q2*-1;+2. The molecule has 0 aromatic heterocycles. The molecular weight excluding hydrogens is 132 g/mol. The number of hydrogen-bond donors (Lipinski definition) is 0. The van der Waals surface area contributed by atoms with Gasteiger partial charge in [0.05, 0.1) is 0 Å². The summed E-state index contributed by atoms with van der Waals surface area (Å²) in [5.41, 5.74) is 0. The van der Waals surface area contributed by atoms with Crippen LogP contribution in [0, 0.1) is 0 Å². The van der Waals surface area contributed by atoms with E-state index in [1.54, 1.807) is 0 Å². The van der Waals surface area contributed by atoms with E-state index in [9.17, 15) is 0 Å². The van der Waals surface area contributed by atoms with Gasteiger partial charge in [0.1, 0.15) is 0 Å². The molecule has 0 saturated carbocycles. The number of carbonyl (C=O) groups excluding carboxylic acids is 2. The van der Waals surface area contributed by atoms with Gasteiger partial charge in [0, 0.05) is 0 Å². The topological polar surface area (TPSA) is 34.1 Å². The Bertz CT molecular complexity index is 30.7. The van der Waals surface area contributed by atoms with Crippen LogP contribution in [0.15, 0.2) is 0 Å². The average molecular weight is 138 g/mol. The van der Waals surface area contributed by atoms with E-state index in [2.05, 4.69) is 0 Å². The zero-order valence-electron chi connectivity index (χ0n) is 4.22. The monoisotopic (exact) mass is 138 g/mol. The molecule has 0 heterocycles. The molecule has 0 saturated heterocycles. The van der Waals surface area contributed by atoms with Gasteiger partial charge in [-0.25, -0.2) is 0 Å². The first-order chi connectivity index (χ1) is 2.83. The molecule has 0 bridgehead atoms. The van der Waals surface area contributed by atoms with Crippen LogP contribution in [-0.4, -0.2) is 12.6 Å². The predicted octanol–water partition coefficient (Wildman–Crippen LogP) is 0.230. The molecule has 0 rings (SSSR count). The van der Waals surface area contributed by atoms with Crippen molar-refractivity contribution >= 4 is 12.6 Å². The first kappa shape index (κ1) is 15.8. The maximum absolute atomic E-state index is 8.68. The minimum absolute atomic E-state index is 0. The fourth-order valence-corrected chi connectivity index (χ4v) is 0. The Balaban J connectivity index is -0.0000000400. The predicted molar refractivity (Wildman–Crippen MR) is 22.7 cm³/mol. The second kappa shape index (κ2) is 39.8. The summed E-state index contributed by atoms with van der Waals surface area (Å²) in [5.74, 6) is 0. The third-order valence-electron chi connectivity index (χ3n) is 0. The van der Waals surface area contributed by atoms with E-state index >= 15 is 0 Å². The van der Waals surface area contributed by atoms with Gasteiger partial charge < -0.3 is 9.59 Å². The minimum atomic E-state index is 0. The third-order valence-corrected chi connectivity index (χ3v) is 0. The first-order valence-corrected chi connectivity index (χ1v) is 1.41. The molecule has 7 heavy (non-hydrogen) atoms. The maximum Gasteiger partial charge on any atom is 2.00 e. The third kappa shape index (κ3) is 5410. The Labute approximate surface area is 54.0 Å². The summed E-state index contributed by atoms with van der Waals surface area (Å²) in [7, 11) is 0. The second-order valence-corrected chi connectivity index (χ2v) is 0.408. The second-order valence-electron chi connectivity index (χ2n) is 0.408. The van der Waals surface area contributed by atoms with E-state index in [-0.39, 0.29) is 17.4 Å². The first-order valence-electron chi connectivity index (χ1n) is 1.41. The number of rotatable bonds is 0. The van der Waals surface area contributed by atoms with E-state index in [1.807, 2.05) is 0 Å². The van der Waals surface area contributed by atoms with Crippen molar-refractivity contribution in [2.45, 2.75) is 13.8 Å². The van der Waals surface area contributed by atoms with Crippen LogP contribution in [0.5, 0.6) is 0 Å². The molecule has 0 atom stereocenters. The van der Waals surface area contributed by atoms with Crippen LogP contribution in [0.1, 0.15) is 13.8 Å². The molecule has 0 N–H and O–H groups in total. The van der Waals surface area contributed by atoms with Crippen LogP contribution in [0.2, 0.25) is 0 Å². The molecule has 3 heteroatoms.